The highest BCUT2D eigenvalue weighted by Gasteiger charge is 2.28. The van der Waals surface area contributed by atoms with E-state index in [4.69, 9.17) is 10.00 Å². The number of nitrogens with zero attached hydrogens (tertiary/aromatic N) is 6. The summed E-state index contributed by atoms with van der Waals surface area (Å²) >= 11 is 0. The van der Waals surface area contributed by atoms with E-state index in [0.29, 0.717) is 56.2 Å². The predicted molar refractivity (Wildman–Crippen MR) is 111 cm³/mol. The minimum atomic E-state index is -0.124. The maximum atomic E-state index is 13.1. The summed E-state index contributed by atoms with van der Waals surface area (Å²) in [6.07, 6.45) is 5.39. The second kappa shape index (κ2) is 9.71. The molecule has 2 amide bonds. The zero-order valence-corrected chi connectivity index (χ0v) is 17.4. The molecule has 0 bridgehead atoms. The van der Waals surface area contributed by atoms with Gasteiger partial charge in [0.1, 0.15) is 0 Å². The second-order valence-electron chi connectivity index (χ2n) is 7.90. The normalized spacial score (nSPS) is 19.1. The molecule has 162 valence electrons. The van der Waals surface area contributed by atoms with E-state index in [1.807, 2.05) is 4.90 Å². The summed E-state index contributed by atoms with van der Waals surface area (Å²) in [5.41, 5.74) is 1.37. The maximum Gasteiger partial charge on any atom is 0.276 e. The number of ether oxygens (including phenoxy) is 1. The molecule has 31 heavy (non-hydrogen) atoms. The highest BCUT2D eigenvalue weighted by Crippen LogP contribution is 2.23. The van der Waals surface area contributed by atoms with Gasteiger partial charge < -0.3 is 14.5 Å². The number of likely N-dealkylation sites (tertiary alicyclic amines) is 1. The van der Waals surface area contributed by atoms with Crippen LogP contribution in [0.3, 0.4) is 0 Å². The van der Waals surface area contributed by atoms with Gasteiger partial charge in [0.25, 0.3) is 11.8 Å². The summed E-state index contributed by atoms with van der Waals surface area (Å²) in [5, 5.41) is 17.3. The highest BCUT2D eigenvalue weighted by molar-refractivity contribution is 5.95. The zero-order valence-electron chi connectivity index (χ0n) is 17.4. The molecule has 2 aliphatic heterocycles. The molecule has 2 saturated heterocycles. The molecule has 2 aliphatic rings. The molecule has 1 unspecified atom stereocenters. The van der Waals surface area contributed by atoms with E-state index in [9.17, 15) is 9.59 Å². The number of aromatic nitrogens is 3. The van der Waals surface area contributed by atoms with Crippen molar-refractivity contribution < 1.29 is 14.3 Å². The van der Waals surface area contributed by atoms with Gasteiger partial charge in [-0.2, -0.15) is 5.26 Å². The summed E-state index contributed by atoms with van der Waals surface area (Å²) in [6, 6.07) is 9.03. The quantitative estimate of drug-likeness (QED) is 0.726. The van der Waals surface area contributed by atoms with Gasteiger partial charge in [0, 0.05) is 37.8 Å². The van der Waals surface area contributed by atoms with Gasteiger partial charge in [-0.1, -0.05) is 11.3 Å². The number of carbonyl (C=O) groups excluding carboxylic acids is 2. The third kappa shape index (κ3) is 4.91. The Morgan fingerprint density at radius 3 is 2.81 bits per heavy atom. The van der Waals surface area contributed by atoms with Gasteiger partial charge in [-0.25, -0.2) is 0 Å². The zero-order chi connectivity index (χ0) is 21.6. The lowest BCUT2D eigenvalue weighted by atomic mass is 9.98. The first-order valence-corrected chi connectivity index (χ1v) is 10.7. The van der Waals surface area contributed by atoms with Crippen molar-refractivity contribution in [2.45, 2.75) is 38.3 Å². The molecule has 2 fully saturated rings. The second-order valence-corrected chi connectivity index (χ2v) is 7.90. The Morgan fingerprint density at radius 2 is 2.00 bits per heavy atom. The van der Waals surface area contributed by atoms with Crippen LogP contribution in [-0.2, 0) is 11.3 Å². The lowest BCUT2D eigenvalue weighted by Gasteiger charge is -2.36. The van der Waals surface area contributed by atoms with E-state index in [1.54, 1.807) is 40.0 Å². The molecule has 4 rings (SSSR count). The van der Waals surface area contributed by atoms with E-state index in [-0.39, 0.29) is 17.9 Å². The fraction of sp³-hybridized carbons (Fsp3) is 0.500. The summed E-state index contributed by atoms with van der Waals surface area (Å²) in [5.74, 6) is -0.162. The number of amides is 2. The lowest BCUT2D eigenvalue weighted by Crippen LogP contribution is -2.44. The summed E-state index contributed by atoms with van der Waals surface area (Å²) in [6.45, 7) is 3.51. The maximum absolute atomic E-state index is 13.1. The average molecular weight is 422 g/mol. The van der Waals surface area contributed by atoms with Gasteiger partial charge in [0.15, 0.2) is 5.69 Å². The largest absolute Gasteiger partial charge is 0.378 e. The standard InChI is InChI=1S/C22H26N6O3/c23-15-17-4-3-5-18(14-17)21(29)28-8-2-1-6-19(28)7-9-27-16-20(24-25-27)22(30)26-10-12-31-13-11-26/h3-5,14,16,19H,1-2,6-13H2. The molecule has 2 aromatic rings. The van der Waals surface area contributed by atoms with Crippen LogP contribution in [0.4, 0.5) is 0 Å². The molecule has 0 saturated carbocycles. The first kappa shape index (κ1) is 21.0. The van der Waals surface area contributed by atoms with Crippen molar-refractivity contribution >= 4 is 11.8 Å². The van der Waals surface area contributed by atoms with Crippen LogP contribution in [0.15, 0.2) is 30.5 Å². The van der Waals surface area contributed by atoms with Crippen molar-refractivity contribution in [3.05, 3.63) is 47.3 Å². The van der Waals surface area contributed by atoms with Gasteiger partial charge in [-0.05, 0) is 43.9 Å². The van der Waals surface area contributed by atoms with Gasteiger partial charge in [0.05, 0.1) is 31.0 Å². The predicted octanol–water partition coefficient (Wildman–Crippen LogP) is 1.71. The minimum absolute atomic E-state index is 0.0384. The minimum Gasteiger partial charge on any atom is -0.378 e. The molecule has 9 nitrogen and oxygen atoms in total. The van der Waals surface area contributed by atoms with Crippen LogP contribution >= 0.6 is 0 Å². The fourth-order valence-corrected chi connectivity index (χ4v) is 4.17. The number of benzene rings is 1. The average Bonchev–Trinajstić information content (AvgIpc) is 3.31. The number of aryl methyl sites for hydroxylation is 1. The molecule has 0 aliphatic carbocycles. The van der Waals surface area contributed by atoms with Crippen molar-refractivity contribution in [2.24, 2.45) is 0 Å². The van der Waals surface area contributed by atoms with Crippen LogP contribution in [0.25, 0.3) is 0 Å². The van der Waals surface area contributed by atoms with Crippen molar-refractivity contribution in [2.75, 3.05) is 32.8 Å². The van der Waals surface area contributed by atoms with Crippen LogP contribution in [0.5, 0.6) is 0 Å². The van der Waals surface area contributed by atoms with Crippen LogP contribution in [0.1, 0.15) is 52.1 Å². The summed E-state index contributed by atoms with van der Waals surface area (Å²) in [4.78, 5) is 29.3. The first-order valence-electron chi connectivity index (χ1n) is 10.7. The topological polar surface area (TPSA) is 104 Å². The van der Waals surface area contributed by atoms with Gasteiger partial charge in [-0.15, -0.1) is 5.10 Å². The smallest absolute Gasteiger partial charge is 0.276 e. The highest BCUT2D eigenvalue weighted by atomic mass is 16.5. The van der Waals surface area contributed by atoms with Crippen LogP contribution in [-0.4, -0.2) is 75.5 Å². The molecule has 9 heteroatoms. The fourth-order valence-electron chi connectivity index (χ4n) is 4.17. The number of hydrogen-bond acceptors (Lipinski definition) is 6. The van der Waals surface area contributed by atoms with E-state index in [2.05, 4.69) is 16.4 Å². The molecular formula is C22H26N6O3. The lowest BCUT2D eigenvalue weighted by molar-refractivity contribution is 0.0299. The van der Waals surface area contributed by atoms with Crippen molar-refractivity contribution in [1.29, 1.82) is 5.26 Å². The Hall–Kier alpha value is -3.25. The third-order valence-electron chi connectivity index (χ3n) is 5.87. The van der Waals surface area contributed by atoms with Crippen molar-refractivity contribution in [1.82, 2.24) is 24.8 Å². The molecule has 1 aromatic carbocycles. The van der Waals surface area contributed by atoms with E-state index in [1.165, 1.54) is 0 Å². The molecule has 1 atom stereocenters. The third-order valence-corrected chi connectivity index (χ3v) is 5.87. The monoisotopic (exact) mass is 422 g/mol. The van der Waals surface area contributed by atoms with E-state index < -0.39 is 0 Å². The molecular weight excluding hydrogens is 396 g/mol. The first-order chi connectivity index (χ1) is 15.2. The number of carbonyl (C=O) groups is 2. The molecule has 1 aromatic heterocycles. The Morgan fingerprint density at radius 1 is 1.16 bits per heavy atom. The Labute approximate surface area is 181 Å². The van der Waals surface area contributed by atoms with Gasteiger partial charge in [0.2, 0.25) is 0 Å². The molecule has 0 N–H and O–H groups in total. The Balaban J connectivity index is 1.39. The summed E-state index contributed by atoms with van der Waals surface area (Å²) in [7, 11) is 0. The van der Waals surface area contributed by atoms with E-state index >= 15 is 0 Å². The van der Waals surface area contributed by atoms with Crippen LogP contribution in [0.2, 0.25) is 0 Å². The number of piperidine rings is 1. The number of hydrogen-bond donors (Lipinski definition) is 0. The molecule has 3 heterocycles. The number of rotatable bonds is 5. The Bertz CT molecular complexity index is 976. The van der Waals surface area contributed by atoms with Crippen molar-refractivity contribution in [3.8, 4) is 6.07 Å². The Kier molecular flexibility index (Phi) is 6.57. The number of nitriles is 1. The SMILES string of the molecule is N#Cc1cccc(C(=O)N2CCCCC2CCn2cc(C(=O)N3CCOCC3)nn2)c1. The number of morpholine rings is 1. The van der Waals surface area contributed by atoms with E-state index in [0.717, 1.165) is 25.7 Å². The van der Waals surface area contributed by atoms with Crippen LogP contribution < -0.4 is 0 Å². The van der Waals surface area contributed by atoms with Crippen LogP contribution in [0, 0.1) is 11.3 Å². The van der Waals surface area contributed by atoms with Gasteiger partial charge >= 0.3 is 0 Å². The summed E-state index contributed by atoms with van der Waals surface area (Å²) < 4.78 is 6.97. The van der Waals surface area contributed by atoms with Crippen molar-refractivity contribution in [3.63, 3.8) is 0 Å². The molecule has 0 radical (unpaired) electrons. The van der Waals surface area contributed by atoms with Gasteiger partial charge in [-0.3, -0.25) is 14.3 Å². The molecule has 0 spiro atoms.